The molecule has 1 aliphatic heterocycles. The van der Waals surface area contributed by atoms with E-state index in [1.54, 1.807) is 0 Å². The third-order valence-corrected chi connectivity index (χ3v) is 4.58. The van der Waals surface area contributed by atoms with Gasteiger partial charge in [0.25, 0.3) is 6.47 Å². The molecule has 7 heteroatoms. The maximum absolute atomic E-state index is 9.94. The number of carbonyl (C=O) groups is 1. The van der Waals surface area contributed by atoms with Crippen molar-refractivity contribution in [3.8, 4) is 0 Å². The maximum atomic E-state index is 9.94. The van der Waals surface area contributed by atoms with Gasteiger partial charge in [-0.25, -0.2) is 0 Å². The monoisotopic (exact) mass is 430 g/mol. The van der Waals surface area contributed by atoms with E-state index in [9.17, 15) is 15.0 Å². The van der Waals surface area contributed by atoms with Crippen LogP contribution in [0.1, 0.15) is 44.9 Å². The van der Waals surface area contributed by atoms with Crippen molar-refractivity contribution >= 4 is 29.1 Å². The van der Waals surface area contributed by atoms with Crippen LogP contribution >= 0.6 is 22.6 Å². The fourth-order valence-electron chi connectivity index (χ4n) is 2.41. The quantitative estimate of drug-likeness (QED) is 0.213. The second-order valence-corrected chi connectivity index (χ2v) is 6.39. The standard InChI is InChI=1S/C15H27IO6/c16-10-13-15(19)12(18)9-14(22-13)21-8-6-4-2-1-3-5-7-20-11-17/h11-15,18-19H,1-10H2. The zero-order valence-electron chi connectivity index (χ0n) is 12.9. The van der Waals surface area contributed by atoms with Crippen LogP contribution in [0.3, 0.4) is 0 Å². The summed E-state index contributed by atoms with van der Waals surface area (Å²) in [5.74, 6) is 0. The van der Waals surface area contributed by atoms with Gasteiger partial charge in [-0.15, -0.1) is 0 Å². The minimum absolute atomic E-state index is 0.324. The molecule has 0 aliphatic carbocycles. The van der Waals surface area contributed by atoms with Crippen molar-refractivity contribution in [2.24, 2.45) is 0 Å². The Morgan fingerprint density at radius 2 is 1.73 bits per heavy atom. The average molecular weight is 430 g/mol. The molecule has 0 aromatic carbocycles. The van der Waals surface area contributed by atoms with Crippen molar-refractivity contribution in [1.82, 2.24) is 0 Å². The number of rotatable bonds is 12. The summed E-state index contributed by atoms with van der Waals surface area (Å²) in [5.41, 5.74) is 0. The van der Waals surface area contributed by atoms with Gasteiger partial charge in [0, 0.05) is 17.5 Å². The minimum Gasteiger partial charge on any atom is -0.468 e. The predicted octanol–water partition coefficient (Wildman–Crippen LogP) is 1.79. The van der Waals surface area contributed by atoms with Crippen molar-refractivity contribution in [1.29, 1.82) is 0 Å². The maximum Gasteiger partial charge on any atom is 0.293 e. The summed E-state index contributed by atoms with van der Waals surface area (Å²) in [4.78, 5) is 9.94. The molecule has 2 N–H and O–H groups in total. The predicted molar refractivity (Wildman–Crippen MR) is 89.8 cm³/mol. The summed E-state index contributed by atoms with van der Waals surface area (Å²) in [7, 11) is 0. The van der Waals surface area contributed by atoms with Gasteiger partial charge in [0.1, 0.15) is 6.10 Å². The number of halogens is 1. The Morgan fingerprint density at radius 3 is 2.36 bits per heavy atom. The molecule has 0 spiro atoms. The molecule has 6 nitrogen and oxygen atoms in total. The summed E-state index contributed by atoms with van der Waals surface area (Å²) in [6, 6.07) is 0. The first-order valence-corrected chi connectivity index (χ1v) is 9.46. The molecular weight excluding hydrogens is 403 g/mol. The average Bonchev–Trinajstić information content (AvgIpc) is 2.52. The highest BCUT2D eigenvalue weighted by molar-refractivity contribution is 14.1. The molecule has 4 unspecified atom stereocenters. The summed E-state index contributed by atoms with van der Waals surface area (Å²) in [5, 5.41) is 19.5. The van der Waals surface area contributed by atoms with Crippen LogP contribution in [0.25, 0.3) is 0 Å². The number of hydrogen-bond donors (Lipinski definition) is 2. The highest BCUT2D eigenvalue weighted by Crippen LogP contribution is 2.23. The Kier molecular flexibility index (Phi) is 11.4. The lowest BCUT2D eigenvalue weighted by Crippen LogP contribution is -2.49. The van der Waals surface area contributed by atoms with E-state index in [1.807, 2.05) is 0 Å². The largest absolute Gasteiger partial charge is 0.468 e. The number of alkyl halides is 1. The fourth-order valence-corrected chi connectivity index (χ4v) is 3.14. The molecule has 1 heterocycles. The lowest BCUT2D eigenvalue weighted by Gasteiger charge is -2.36. The molecule has 1 saturated heterocycles. The number of carbonyl (C=O) groups excluding carboxylic acids is 1. The summed E-state index contributed by atoms with van der Waals surface area (Å²) >= 11 is 2.13. The zero-order valence-corrected chi connectivity index (χ0v) is 15.0. The van der Waals surface area contributed by atoms with Crippen LogP contribution in [-0.2, 0) is 19.0 Å². The van der Waals surface area contributed by atoms with Gasteiger partial charge in [0.05, 0.1) is 18.8 Å². The van der Waals surface area contributed by atoms with Crippen LogP contribution in [0.5, 0.6) is 0 Å². The van der Waals surface area contributed by atoms with E-state index >= 15 is 0 Å². The van der Waals surface area contributed by atoms with Crippen LogP contribution in [0.15, 0.2) is 0 Å². The molecule has 0 aromatic rings. The highest BCUT2D eigenvalue weighted by Gasteiger charge is 2.36. The van der Waals surface area contributed by atoms with E-state index in [0.717, 1.165) is 38.5 Å². The topological polar surface area (TPSA) is 85.2 Å². The zero-order chi connectivity index (χ0) is 16.2. The Labute approximate surface area is 145 Å². The molecule has 1 fully saturated rings. The molecule has 1 aliphatic rings. The molecule has 130 valence electrons. The first-order valence-electron chi connectivity index (χ1n) is 7.93. The SMILES string of the molecule is O=COCCCCCCCCOC1CC(O)C(O)C(CI)O1. The first kappa shape index (κ1) is 20.1. The van der Waals surface area contributed by atoms with Gasteiger partial charge in [-0.05, 0) is 12.8 Å². The lowest BCUT2D eigenvalue weighted by atomic mass is 10.0. The summed E-state index contributed by atoms with van der Waals surface area (Å²) in [6.07, 6.45) is 4.25. The van der Waals surface area contributed by atoms with Crippen molar-refractivity contribution in [3.63, 3.8) is 0 Å². The normalized spacial score (nSPS) is 28.5. The number of unbranched alkanes of at least 4 members (excludes halogenated alkanes) is 5. The molecule has 4 atom stereocenters. The second kappa shape index (κ2) is 12.5. The Hall–Kier alpha value is 0.0400. The molecule has 0 aromatic heterocycles. The molecule has 0 bridgehead atoms. The lowest BCUT2D eigenvalue weighted by molar-refractivity contribution is -0.244. The smallest absolute Gasteiger partial charge is 0.293 e. The van der Waals surface area contributed by atoms with E-state index in [-0.39, 0.29) is 6.10 Å². The Morgan fingerprint density at radius 1 is 1.09 bits per heavy atom. The van der Waals surface area contributed by atoms with Gasteiger partial charge >= 0.3 is 0 Å². The van der Waals surface area contributed by atoms with Crippen molar-refractivity contribution in [2.75, 3.05) is 17.6 Å². The van der Waals surface area contributed by atoms with Crippen LogP contribution in [0, 0.1) is 0 Å². The van der Waals surface area contributed by atoms with Crippen LogP contribution in [-0.4, -0.2) is 58.9 Å². The van der Waals surface area contributed by atoms with E-state index < -0.39 is 18.5 Å². The van der Waals surface area contributed by atoms with Gasteiger partial charge in [-0.2, -0.15) is 0 Å². The van der Waals surface area contributed by atoms with Crippen molar-refractivity contribution in [2.45, 2.75) is 69.5 Å². The Bertz CT molecular complexity index is 291. The fraction of sp³-hybridized carbons (Fsp3) is 0.933. The van der Waals surface area contributed by atoms with Crippen molar-refractivity contribution < 1.29 is 29.2 Å². The van der Waals surface area contributed by atoms with E-state index in [0.29, 0.717) is 30.5 Å². The number of aliphatic hydroxyl groups is 2. The van der Waals surface area contributed by atoms with Gasteiger partial charge in [0.15, 0.2) is 6.29 Å². The molecule has 0 amide bonds. The van der Waals surface area contributed by atoms with Gasteiger partial charge < -0.3 is 24.4 Å². The highest BCUT2D eigenvalue weighted by atomic mass is 127. The number of ether oxygens (including phenoxy) is 3. The van der Waals surface area contributed by atoms with Gasteiger partial charge in [-0.3, -0.25) is 4.79 Å². The van der Waals surface area contributed by atoms with Gasteiger partial charge in [-0.1, -0.05) is 48.3 Å². The van der Waals surface area contributed by atoms with Crippen LogP contribution in [0.2, 0.25) is 0 Å². The number of hydrogen-bond acceptors (Lipinski definition) is 6. The van der Waals surface area contributed by atoms with E-state index in [1.165, 1.54) is 0 Å². The molecule has 0 saturated carbocycles. The van der Waals surface area contributed by atoms with E-state index in [4.69, 9.17) is 9.47 Å². The molecule has 0 radical (unpaired) electrons. The number of aliphatic hydroxyl groups excluding tert-OH is 2. The molecular formula is C15H27IO6. The van der Waals surface area contributed by atoms with E-state index in [2.05, 4.69) is 27.3 Å². The van der Waals surface area contributed by atoms with Crippen LogP contribution < -0.4 is 0 Å². The summed E-state index contributed by atoms with van der Waals surface area (Å²) < 4.78 is 16.5. The third-order valence-electron chi connectivity index (χ3n) is 3.72. The van der Waals surface area contributed by atoms with Gasteiger partial charge in [0.2, 0.25) is 0 Å². The Balaban J connectivity index is 1.97. The van der Waals surface area contributed by atoms with Crippen molar-refractivity contribution in [3.05, 3.63) is 0 Å². The summed E-state index contributed by atoms with van der Waals surface area (Å²) in [6.45, 7) is 1.61. The minimum atomic E-state index is -0.819. The molecule has 1 rings (SSSR count). The third kappa shape index (κ3) is 8.05. The second-order valence-electron chi connectivity index (χ2n) is 5.51. The molecule has 22 heavy (non-hydrogen) atoms. The first-order chi connectivity index (χ1) is 10.7. The van der Waals surface area contributed by atoms with Crippen LogP contribution in [0.4, 0.5) is 0 Å².